The molecule has 0 amide bonds. The van der Waals surface area contributed by atoms with Crippen LogP contribution in [0.1, 0.15) is 16.7 Å². The molecule has 3 aromatic carbocycles. The zero-order chi connectivity index (χ0) is 26.6. The summed E-state index contributed by atoms with van der Waals surface area (Å²) in [5.41, 5.74) is 1.36. The van der Waals surface area contributed by atoms with Crippen molar-refractivity contribution in [1.29, 1.82) is 4.78 Å². The van der Waals surface area contributed by atoms with Gasteiger partial charge in [0, 0.05) is 27.7 Å². The molecule has 4 rings (SSSR count). The molecule has 0 saturated heterocycles. The summed E-state index contributed by atoms with van der Waals surface area (Å²) in [7, 11) is -2.72. The molecule has 0 saturated carbocycles. The summed E-state index contributed by atoms with van der Waals surface area (Å²) in [6.07, 6.45) is -1.81. The quantitative estimate of drug-likeness (QED) is 0.263. The van der Waals surface area contributed by atoms with Crippen molar-refractivity contribution in [3.63, 3.8) is 0 Å². The van der Waals surface area contributed by atoms with E-state index in [1.54, 1.807) is 24.3 Å². The van der Waals surface area contributed by atoms with Crippen LogP contribution in [0.3, 0.4) is 0 Å². The molecular weight excluding hydrogens is 510 g/mol. The van der Waals surface area contributed by atoms with Crippen LogP contribution in [0.25, 0.3) is 11.4 Å². The SMILES string of the molecule is CS(=N)(=O)Cc1cccc(Nc2ncnc(-c3ccc(F)cc3OCc3ccc(C(F)(F)F)cc3)n2)c1. The van der Waals surface area contributed by atoms with E-state index >= 15 is 0 Å². The van der Waals surface area contributed by atoms with E-state index in [2.05, 4.69) is 20.3 Å². The number of ether oxygens (including phenoxy) is 1. The Hall–Kier alpha value is -4.06. The summed E-state index contributed by atoms with van der Waals surface area (Å²) in [6.45, 7) is -0.103. The Labute approximate surface area is 210 Å². The van der Waals surface area contributed by atoms with Crippen molar-refractivity contribution >= 4 is 21.4 Å². The van der Waals surface area contributed by atoms with Gasteiger partial charge in [-0.3, -0.25) is 4.78 Å². The van der Waals surface area contributed by atoms with Gasteiger partial charge in [0.05, 0.1) is 16.9 Å². The Morgan fingerprint density at radius 2 is 1.76 bits per heavy atom. The summed E-state index contributed by atoms with van der Waals surface area (Å²) in [5, 5.41) is 3.02. The second kappa shape index (κ2) is 10.5. The highest BCUT2D eigenvalue weighted by Crippen LogP contribution is 2.31. The molecule has 12 heteroatoms. The van der Waals surface area contributed by atoms with Gasteiger partial charge in [0.1, 0.15) is 24.5 Å². The van der Waals surface area contributed by atoms with Gasteiger partial charge in [0.25, 0.3) is 0 Å². The van der Waals surface area contributed by atoms with Gasteiger partial charge in [-0.1, -0.05) is 24.3 Å². The molecular formula is C25H21F4N5O2S. The van der Waals surface area contributed by atoms with E-state index in [4.69, 9.17) is 9.52 Å². The van der Waals surface area contributed by atoms with E-state index in [1.807, 2.05) is 0 Å². The Morgan fingerprint density at radius 3 is 2.46 bits per heavy atom. The van der Waals surface area contributed by atoms with Crippen LogP contribution in [0, 0.1) is 10.6 Å². The van der Waals surface area contributed by atoms with Crippen LogP contribution in [0.15, 0.2) is 73.1 Å². The molecule has 4 aromatic rings. The third-order valence-corrected chi connectivity index (χ3v) is 5.94. The van der Waals surface area contributed by atoms with Crippen LogP contribution in [-0.4, -0.2) is 25.4 Å². The molecule has 7 nitrogen and oxygen atoms in total. The van der Waals surface area contributed by atoms with E-state index in [-0.39, 0.29) is 29.9 Å². The third kappa shape index (κ3) is 7.23. The number of aromatic nitrogens is 3. The normalized spacial score (nSPS) is 13.1. The van der Waals surface area contributed by atoms with Gasteiger partial charge in [-0.2, -0.15) is 18.2 Å². The summed E-state index contributed by atoms with van der Waals surface area (Å²) < 4.78 is 77.5. The lowest BCUT2D eigenvalue weighted by molar-refractivity contribution is -0.137. The van der Waals surface area contributed by atoms with Crippen molar-refractivity contribution in [2.45, 2.75) is 18.5 Å². The molecule has 0 aliphatic carbocycles. The molecule has 0 spiro atoms. The molecule has 37 heavy (non-hydrogen) atoms. The molecule has 192 valence electrons. The summed E-state index contributed by atoms with van der Waals surface area (Å²) in [5.74, 6) is -0.00763. The van der Waals surface area contributed by atoms with Crippen molar-refractivity contribution in [2.75, 3.05) is 11.6 Å². The van der Waals surface area contributed by atoms with E-state index in [0.29, 0.717) is 22.4 Å². The van der Waals surface area contributed by atoms with Crippen molar-refractivity contribution in [3.05, 3.63) is 95.6 Å². The van der Waals surface area contributed by atoms with Crippen LogP contribution in [0.2, 0.25) is 0 Å². The summed E-state index contributed by atoms with van der Waals surface area (Å²) in [6, 6.07) is 15.3. The fourth-order valence-corrected chi connectivity index (χ4v) is 4.24. The van der Waals surface area contributed by atoms with Crippen LogP contribution < -0.4 is 10.1 Å². The average molecular weight is 532 g/mol. The average Bonchev–Trinajstić information content (AvgIpc) is 2.82. The molecule has 0 aliphatic rings. The van der Waals surface area contributed by atoms with Gasteiger partial charge in [0.15, 0.2) is 5.82 Å². The Bertz CT molecular complexity index is 1510. The first-order valence-electron chi connectivity index (χ1n) is 10.8. The lowest BCUT2D eigenvalue weighted by Gasteiger charge is -2.13. The topological polar surface area (TPSA) is 101 Å². The third-order valence-electron chi connectivity index (χ3n) is 5.06. The monoisotopic (exact) mass is 531 g/mol. The van der Waals surface area contributed by atoms with Gasteiger partial charge in [0.2, 0.25) is 5.95 Å². The molecule has 0 bridgehead atoms. The van der Waals surface area contributed by atoms with Crippen LogP contribution >= 0.6 is 0 Å². The maximum absolute atomic E-state index is 14.0. The van der Waals surface area contributed by atoms with Crippen LogP contribution in [-0.2, 0) is 28.3 Å². The van der Waals surface area contributed by atoms with Crippen molar-refractivity contribution in [2.24, 2.45) is 0 Å². The number of hydrogen-bond donors (Lipinski definition) is 2. The molecule has 1 aromatic heterocycles. The predicted molar refractivity (Wildman–Crippen MR) is 131 cm³/mol. The largest absolute Gasteiger partial charge is 0.488 e. The van der Waals surface area contributed by atoms with Crippen molar-refractivity contribution in [1.82, 2.24) is 15.0 Å². The molecule has 0 radical (unpaired) electrons. The number of nitrogens with zero attached hydrogens (tertiary/aromatic N) is 3. The Balaban J connectivity index is 1.54. The lowest BCUT2D eigenvalue weighted by atomic mass is 10.1. The first-order valence-corrected chi connectivity index (χ1v) is 13.0. The van der Waals surface area contributed by atoms with E-state index < -0.39 is 27.3 Å². The van der Waals surface area contributed by atoms with Gasteiger partial charge in [-0.05, 0) is 47.5 Å². The number of rotatable bonds is 8. The van der Waals surface area contributed by atoms with Gasteiger partial charge < -0.3 is 10.1 Å². The Kier molecular flexibility index (Phi) is 7.39. The molecule has 0 aliphatic heterocycles. The second-order valence-corrected chi connectivity index (χ2v) is 10.5. The van der Waals surface area contributed by atoms with E-state index in [9.17, 15) is 21.8 Å². The number of benzene rings is 3. The van der Waals surface area contributed by atoms with Crippen molar-refractivity contribution < 1.29 is 26.5 Å². The molecule has 1 unspecified atom stereocenters. The Morgan fingerprint density at radius 1 is 1.00 bits per heavy atom. The van der Waals surface area contributed by atoms with Gasteiger partial charge in [-0.15, -0.1) is 0 Å². The van der Waals surface area contributed by atoms with Crippen molar-refractivity contribution in [3.8, 4) is 17.1 Å². The molecule has 0 fully saturated rings. The number of nitrogens with one attached hydrogen (secondary N) is 2. The van der Waals surface area contributed by atoms with Crippen LogP contribution in [0.5, 0.6) is 5.75 Å². The highest BCUT2D eigenvalue weighted by atomic mass is 32.2. The molecule has 1 atom stereocenters. The van der Waals surface area contributed by atoms with E-state index in [0.717, 1.165) is 18.2 Å². The first-order chi connectivity index (χ1) is 17.5. The minimum Gasteiger partial charge on any atom is -0.488 e. The van der Waals surface area contributed by atoms with E-state index in [1.165, 1.54) is 36.8 Å². The first kappa shape index (κ1) is 26.0. The minimum atomic E-state index is -4.44. The zero-order valence-corrected chi connectivity index (χ0v) is 20.2. The molecule has 2 N–H and O–H groups in total. The smallest absolute Gasteiger partial charge is 0.416 e. The van der Waals surface area contributed by atoms with Gasteiger partial charge >= 0.3 is 6.18 Å². The number of halogens is 4. The number of hydrogen-bond acceptors (Lipinski definition) is 7. The highest BCUT2D eigenvalue weighted by Gasteiger charge is 2.29. The standard InChI is InChI=1S/C25H21F4N5O2S/c1-37(30,35)14-17-3-2-4-20(11-17)33-24-32-15-31-23(34-24)21-10-9-19(26)12-22(21)36-13-16-5-7-18(8-6-16)25(27,28)29/h2-12,15,30H,13-14H2,1H3,(H,31,32,33,34). The highest BCUT2D eigenvalue weighted by molar-refractivity contribution is 7.90. The second-order valence-electron chi connectivity index (χ2n) is 8.23. The maximum Gasteiger partial charge on any atom is 0.416 e. The summed E-state index contributed by atoms with van der Waals surface area (Å²) >= 11 is 0. The summed E-state index contributed by atoms with van der Waals surface area (Å²) in [4.78, 5) is 12.6. The predicted octanol–water partition coefficient (Wildman–Crippen LogP) is 6.20. The van der Waals surface area contributed by atoms with Crippen LogP contribution in [0.4, 0.5) is 29.2 Å². The minimum absolute atomic E-state index is 0.0974. The number of anilines is 2. The lowest BCUT2D eigenvalue weighted by Crippen LogP contribution is -2.05. The maximum atomic E-state index is 14.0. The molecule has 1 heterocycles. The fraction of sp³-hybridized carbons (Fsp3) is 0.160. The van der Waals surface area contributed by atoms with Gasteiger partial charge in [-0.25, -0.2) is 18.6 Å². The zero-order valence-electron chi connectivity index (χ0n) is 19.4. The fourth-order valence-electron chi connectivity index (χ4n) is 3.42. The number of alkyl halides is 3.